The number of nitrogens with two attached hydrogens (primary N) is 1. The first-order valence-corrected chi connectivity index (χ1v) is 10.0. The lowest BCUT2D eigenvalue weighted by Crippen LogP contribution is -2.39. The Kier molecular flexibility index (Phi) is 7.01. The molecule has 3 rings (SSSR count). The summed E-state index contributed by atoms with van der Waals surface area (Å²) in [7, 11) is 0. The molecule has 0 bridgehead atoms. The van der Waals surface area contributed by atoms with Crippen molar-refractivity contribution < 1.29 is 14.4 Å². The Morgan fingerprint density at radius 1 is 1.07 bits per heavy atom. The van der Waals surface area contributed by atoms with E-state index in [4.69, 9.17) is 17.3 Å². The van der Waals surface area contributed by atoms with Gasteiger partial charge in [0.25, 0.3) is 0 Å². The van der Waals surface area contributed by atoms with E-state index in [1.165, 1.54) is 0 Å². The Balaban J connectivity index is 1.58. The summed E-state index contributed by atoms with van der Waals surface area (Å²) >= 11 is 5.83. The second-order valence-electron chi connectivity index (χ2n) is 7.17. The maximum Gasteiger partial charge on any atom is 0.234 e. The molecule has 2 amide bonds. The van der Waals surface area contributed by atoms with Crippen LogP contribution in [0.5, 0.6) is 0 Å². The molecular weight excluding hydrogens is 390 g/mol. The number of anilines is 1. The lowest BCUT2D eigenvalue weighted by Gasteiger charge is -2.23. The van der Waals surface area contributed by atoms with Crippen molar-refractivity contribution in [2.45, 2.75) is 38.3 Å². The van der Waals surface area contributed by atoms with Gasteiger partial charge in [0.05, 0.1) is 6.04 Å². The van der Waals surface area contributed by atoms with Gasteiger partial charge < -0.3 is 11.1 Å². The van der Waals surface area contributed by atoms with Gasteiger partial charge in [0.15, 0.2) is 5.78 Å². The van der Waals surface area contributed by atoms with E-state index in [9.17, 15) is 14.4 Å². The molecule has 1 heterocycles. The van der Waals surface area contributed by atoms with Crippen molar-refractivity contribution in [2.24, 2.45) is 5.73 Å². The molecule has 0 spiro atoms. The summed E-state index contributed by atoms with van der Waals surface area (Å²) in [5.41, 5.74) is 7.63. The maximum atomic E-state index is 12.4. The van der Waals surface area contributed by atoms with Gasteiger partial charge in [0, 0.05) is 35.7 Å². The molecule has 1 aliphatic heterocycles. The fourth-order valence-corrected chi connectivity index (χ4v) is 3.68. The summed E-state index contributed by atoms with van der Waals surface area (Å²) < 4.78 is 0. The lowest BCUT2D eigenvalue weighted by atomic mass is 10.1. The highest BCUT2D eigenvalue weighted by molar-refractivity contribution is 6.30. The van der Waals surface area contributed by atoms with Crippen LogP contribution in [-0.2, 0) is 16.1 Å². The first kappa shape index (κ1) is 21.0. The molecule has 1 saturated heterocycles. The van der Waals surface area contributed by atoms with E-state index in [-0.39, 0.29) is 36.5 Å². The smallest absolute Gasteiger partial charge is 0.234 e. The molecule has 1 atom stereocenters. The number of hydrogen-bond acceptors (Lipinski definition) is 4. The van der Waals surface area contributed by atoms with Crippen LogP contribution in [0.3, 0.4) is 0 Å². The predicted molar refractivity (Wildman–Crippen MR) is 113 cm³/mol. The fourth-order valence-electron chi connectivity index (χ4n) is 3.56. The van der Waals surface area contributed by atoms with Crippen LogP contribution < -0.4 is 11.1 Å². The number of Topliss-reactive ketones (excluding diaryl/α,β-unsaturated/α-hetero) is 1. The number of hydrogen-bond donors (Lipinski definition) is 2. The van der Waals surface area contributed by atoms with Crippen LogP contribution in [0.25, 0.3) is 0 Å². The first-order chi connectivity index (χ1) is 13.9. The van der Waals surface area contributed by atoms with Crippen LogP contribution in [0.15, 0.2) is 48.5 Å². The molecule has 1 unspecified atom stereocenters. The molecule has 2 aromatic carbocycles. The van der Waals surface area contributed by atoms with Crippen molar-refractivity contribution in [1.82, 2.24) is 4.90 Å². The van der Waals surface area contributed by atoms with Crippen molar-refractivity contribution in [1.29, 1.82) is 0 Å². The zero-order valence-electron chi connectivity index (χ0n) is 16.1. The van der Waals surface area contributed by atoms with Crippen LogP contribution >= 0.6 is 11.6 Å². The lowest BCUT2D eigenvalue weighted by molar-refractivity contribution is -0.122. The highest BCUT2D eigenvalue weighted by Gasteiger charge is 2.29. The van der Waals surface area contributed by atoms with Gasteiger partial charge in [-0.2, -0.15) is 0 Å². The van der Waals surface area contributed by atoms with E-state index in [0.717, 1.165) is 24.9 Å². The second-order valence-corrected chi connectivity index (χ2v) is 7.60. The Morgan fingerprint density at radius 3 is 2.52 bits per heavy atom. The zero-order valence-corrected chi connectivity index (χ0v) is 16.8. The molecule has 6 nitrogen and oxygen atoms in total. The number of primary amides is 1. The Morgan fingerprint density at radius 2 is 1.79 bits per heavy atom. The van der Waals surface area contributed by atoms with E-state index < -0.39 is 0 Å². The van der Waals surface area contributed by atoms with Gasteiger partial charge in [-0.15, -0.1) is 0 Å². The average molecular weight is 414 g/mol. The monoisotopic (exact) mass is 413 g/mol. The van der Waals surface area contributed by atoms with Crippen molar-refractivity contribution in [2.75, 3.05) is 11.9 Å². The van der Waals surface area contributed by atoms with Crippen LogP contribution in [0, 0.1) is 0 Å². The van der Waals surface area contributed by atoms with E-state index in [1.54, 1.807) is 24.3 Å². The molecule has 0 radical (unpaired) electrons. The quantitative estimate of drug-likeness (QED) is 0.649. The van der Waals surface area contributed by atoms with Crippen LogP contribution in [0.4, 0.5) is 5.69 Å². The molecule has 1 aliphatic rings. The van der Waals surface area contributed by atoms with Gasteiger partial charge in [-0.1, -0.05) is 29.8 Å². The molecule has 0 aromatic heterocycles. The Labute approximate surface area is 175 Å². The Bertz CT molecular complexity index is 898. The average Bonchev–Trinajstić information content (AvgIpc) is 3.17. The minimum atomic E-state index is -0.315. The minimum Gasteiger partial charge on any atom is -0.368 e. The molecule has 7 heteroatoms. The van der Waals surface area contributed by atoms with E-state index in [1.807, 2.05) is 29.2 Å². The van der Waals surface area contributed by atoms with Crippen LogP contribution in [-0.4, -0.2) is 35.1 Å². The summed E-state index contributed by atoms with van der Waals surface area (Å²) in [5.74, 6) is -0.649. The number of likely N-dealkylation sites (tertiary alicyclic amines) is 1. The van der Waals surface area contributed by atoms with Gasteiger partial charge >= 0.3 is 0 Å². The van der Waals surface area contributed by atoms with Gasteiger partial charge in [0.2, 0.25) is 11.8 Å². The summed E-state index contributed by atoms with van der Waals surface area (Å²) in [4.78, 5) is 38.3. The third-order valence-electron chi connectivity index (χ3n) is 5.10. The summed E-state index contributed by atoms with van der Waals surface area (Å²) in [6.07, 6.45) is 1.89. The summed E-state index contributed by atoms with van der Waals surface area (Å²) in [6, 6.07) is 13.8. The van der Waals surface area contributed by atoms with Gasteiger partial charge in [-0.25, -0.2) is 0 Å². The maximum absolute atomic E-state index is 12.4. The van der Waals surface area contributed by atoms with Crippen LogP contribution in [0.1, 0.15) is 41.6 Å². The van der Waals surface area contributed by atoms with Gasteiger partial charge in [0.1, 0.15) is 0 Å². The number of nitrogens with one attached hydrogen (secondary N) is 1. The number of rotatable bonds is 8. The number of benzene rings is 2. The first-order valence-electron chi connectivity index (χ1n) is 9.64. The third-order valence-corrected chi connectivity index (χ3v) is 5.35. The molecule has 152 valence electrons. The predicted octanol–water partition coefficient (Wildman–Crippen LogP) is 3.39. The number of halogens is 1. The third kappa shape index (κ3) is 5.65. The van der Waals surface area contributed by atoms with Crippen LogP contribution in [0.2, 0.25) is 5.02 Å². The minimum absolute atomic E-state index is 0.0867. The van der Waals surface area contributed by atoms with Crippen molar-refractivity contribution in [3.8, 4) is 0 Å². The SMILES string of the molecule is NC(=O)C1CCCN1Cc1ccccc1NC(=O)CCC(=O)c1ccc(Cl)cc1. The largest absolute Gasteiger partial charge is 0.368 e. The summed E-state index contributed by atoms with van der Waals surface area (Å²) in [5, 5.41) is 3.45. The normalized spacial score (nSPS) is 16.5. The second kappa shape index (κ2) is 9.67. The molecule has 2 aromatic rings. The highest BCUT2D eigenvalue weighted by atomic mass is 35.5. The van der Waals surface area contributed by atoms with Crippen molar-refractivity contribution in [3.05, 3.63) is 64.7 Å². The zero-order chi connectivity index (χ0) is 20.8. The number of carbonyl (C=O) groups is 3. The molecule has 0 aliphatic carbocycles. The molecule has 29 heavy (non-hydrogen) atoms. The molecule has 0 saturated carbocycles. The summed E-state index contributed by atoms with van der Waals surface area (Å²) in [6.45, 7) is 1.33. The number of para-hydroxylation sites is 1. The van der Waals surface area contributed by atoms with E-state index >= 15 is 0 Å². The standard InChI is InChI=1S/C22H24ClN3O3/c23-17-9-7-15(8-10-17)20(27)11-12-21(28)25-18-5-2-1-4-16(18)14-26-13-3-6-19(26)22(24)29/h1-2,4-5,7-10,19H,3,6,11-14H2,(H2,24,29)(H,25,28). The van der Waals surface area contributed by atoms with Gasteiger partial charge in [-0.05, 0) is 55.3 Å². The number of nitrogens with zero attached hydrogens (tertiary/aromatic N) is 1. The molecule has 1 fully saturated rings. The van der Waals surface area contributed by atoms with Crippen molar-refractivity contribution >= 4 is 34.9 Å². The van der Waals surface area contributed by atoms with Crippen molar-refractivity contribution in [3.63, 3.8) is 0 Å². The highest BCUT2D eigenvalue weighted by Crippen LogP contribution is 2.24. The van der Waals surface area contributed by atoms with E-state index in [0.29, 0.717) is 22.8 Å². The number of amides is 2. The fraction of sp³-hybridized carbons (Fsp3) is 0.318. The number of carbonyl (C=O) groups excluding carboxylic acids is 3. The molecule has 3 N–H and O–H groups in total. The topological polar surface area (TPSA) is 92.5 Å². The van der Waals surface area contributed by atoms with E-state index in [2.05, 4.69) is 5.32 Å². The number of ketones is 1. The van der Waals surface area contributed by atoms with Gasteiger partial charge in [-0.3, -0.25) is 19.3 Å². The molecular formula is C22H24ClN3O3. The Hall–Kier alpha value is -2.70.